The van der Waals surface area contributed by atoms with Gasteiger partial charge in [0.1, 0.15) is 12.3 Å². The highest BCUT2D eigenvalue weighted by Crippen LogP contribution is 2.20. The average molecular weight is 498 g/mol. The molecule has 0 saturated heterocycles. The Bertz CT molecular complexity index is 1340. The van der Waals surface area contributed by atoms with E-state index in [0.29, 0.717) is 30.9 Å². The standard InChI is InChI=1S/C31H35N3O3/c1-4-17-34(31(36)25-8-7-9-27(19-25)37-3)22-30(35)33(21-24-14-12-23(2)13-15-24)18-16-26-20-32-29-11-6-5-10-28(26)29/h5-15,19-20,32H,4,16-18,21-22H2,1-3H3. The minimum absolute atomic E-state index is 0.0314. The molecule has 0 saturated carbocycles. The molecule has 192 valence electrons. The molecule has 1 heterocycles. The summed E-state index contributed by atoms with van der Waals surface area (Å²) in [5.41, 5.74) is 5.03. The second-order valence-electron chi connectivity index (χ2n) is 9.37. The topological polar surface area (TPSA) is 65.6 Å². The molecule has 37 heavy (non-hydrogen) atoms. The number of fused-ring (bicyclic) bond motifs is 1. The van der Waals surface area contributed by atoms with Gasteiger partial charge < -0.3 is 19.5 Å². The van der Waals surface area contributed by atoms with Gasteiger partial charge in [0.25, 0.3) is 5.91 Å². The van der Waals surface area contributed by atoms with Gasteiger partial charge in [-0.2, -0.15) is 0 Å². The lowest BCUT2D eigenvalue weighted by Crippen LogP contribution is -2.43. The van der Waals surface area contributed by atoms with Crippen LogP contribution in [0.3, 0.4) is 0 Å². The first-order valence-corrected chi connectivity index (χ1v) is 12.8. The van der Waals surface area contributed by atoms with E-state index in [-0.39, 0.29) is 18.4 Å². The summed E-state index contributed by atoms with van der Waals surface area (Å²) in [5.74, 6) is 0.388. The van der Waals surface area contributed by atoms with E-state index >= 15 is 0 Å². The monoisotopic (exact) mass is 497 g/mol. The lowest BCUT2D eigenvalue weighted by atomic mass is 10.1. The van der Waals surface area contributed by atoms with Crippen LogP contribution in [-0.4, -0.2) is 53.3 Å². The SMILES string of the molecule is CCCN(CC(=O)N(CCc1c[nH]c2ccccc12)Cc1ccc(C)cc1)C(=O)c1cccc(OC)c1. The second-order valence-corrected chi connectivity index (χ2v) is 9.37. The molecular weight excluding hydrogens is 462 g/mol. The number of carbonyl (C=O) groups excluding carboxylic acids is 2. The number of H-pyrrole nitrogens is 1. The van der Waals surface area contributed by atoms with Gasteiger partial charge in [0.05, 0.1) is 7.11 Å². The molecule has 0 bridgehead atoms. The van der Waals surface area contributed by atoms with E-state index in [1.165, 1.54) is 16.5 Å². The molecule has 0 radical (unpaired) electrons. The molecule has 1 aromatic heterocycles. The zero-order chi connectivity index (χ0) is 26.2. The molecule has 0 aliphatic rings. The first-order chi connectivity index (χ1) is 18.0. The quantitative estimate of drug-likeness (QED) is 0.293. The molecule has 4 rings (SSSR count). The number of methoxy groups -OCH3 is 1. The lowest BCUT2D eigenvalue weighted by Gasteiger charge is -2.28. The Labute approximate surface area is 218 Å². The van der Waals surface area contributed by atoms with Gasteiger partial charge in [-0.1, -0.05) is 61.0 Å². The molecule has 0 aliphatic heterocycles. The molecule has 2 amide bonds. The molecule has 3 aromatic carbocycles. The summed E-state index contributed by atoms with van der Waals surface area (Å²) >= 11 is 0. The molecule has 0 fully saturated rings. The van der Waals surface area contributed by atoms with E-state index in [9.17, 15) is 9.59 Å². The molecule has 1 N–H and O–H groups in total. The predicted molar refractivity (Wildman–Crippen MR) is 148 cm³/mol. The van der Waals surface area contributed by atoms with Crippen molar-refractivity contribution in [3.63, 3.8) is 0 Å². The zero-order valence-corrected chi connectivity index (χ0v) is 21.9. The number of nitrogens with zero attached hydrogens (tertiary/aromatic N) is 2. The molecule has 0 atom stereocenters. The van der Waals surface area contributed by atoms with Crippen LogP contribution in [-0.2, 0) is 17.8 Å². The predicted octanol–water partition coefficient (Wildman–Crippen LogP) is 5.61. The van der Waals surface area contributed by atoms with Crippen LogP contribution in [0.15, 0.2) is 79.0 Å². The fraction of sp³-hybridized carbons (Fsp3) is 0.290. The van der Waals surface area contributed by atoms with Crippen molar-refractivity contribution < 1.29 is 14.3 Å². The van der Waals surface area contributed by atoms with Gasteiger partial charge in [-0.05, 0) is 55.2 Å². The summed E-state index contributed by atoms with van der Waals surface area (Å²) in [6.45, 7) is 5.65. The van der Waals surface area contributed by atoms with Crippen LogP contribution in [0.2, 0.25) is 0 Å². The van der Waals surface area contributed by atoms with Crippen molar-refractivity contribution in [2.24, 2.45) is 0 Å². The Morgan fingerprint density at radius 3 is 2.46 bits per heavy atom. The molecule has 0 spiro atoms. The van der Waals surface area contributed by atoms with Crippen molar-refractivity contribution in [3.8, 4) is 5.75 Å². The van der Waals surface area contributed by atoms with Crippen LogP contribution in [0, 0.1) is 6.92 Å². The summed E-state index contributed by atoms with van der Waals surface area (Å²) in [6.07, 6.45) is 3.50. The highest BCUT2D eigenvalue weighted by Gasteiger charge is 2.23. The number of hydrogen-bond acceptors (Lipinski definition) is 3. The number of nitrogens with one attached hydrogen (secondary N) is 1. The van der Waals surface area contributed by atoms with Gasteiger partial charge in [-0.15, -0.1) is 0 Å². The first kappa shape index (κ1) is 26.0. The van der Waals surface area contributed by atoms with Crippen LogP contribution in [0.4, 0.5) is 0 Å². The van der Waals surface area contributed by atoms with Crippen LogP contribution in [0.5, 0.6) is 5.75 Å². The van der Waals surface area contributed by atoms with Gasteiger partial charge in [0, 0.05) is 42.3 Å². The van der Waals surface area contributed by atoms with Crippen molar-refractivity contribution in [1.82, 2.24) is 14.8 Å². The summed E-state index contributed by atoms with van der Waals surface area (Å²) in [6, 6.07) is 23.5. The Morgan fingerprint density at radius 1 is 0.919 bits per heavy atom. The highest BCUT2D eigenvalue weighted by atomic mass is 16.5. The van der Waals surface area contributed by atoms with Crippen LogP contribution in [0.1, 0.15) is 40.4 Å². The fourth-order valence-electron chi connectivity index (χ4n) is 4.52. The molecule has 0 aliphatic carbocycles. The van der Waals surface area contributed by atoms with Crippen molar-refractivity contribution >= 4 is 22.7 Å². The van der Waals surface area contributed by atoms with Crippen molar-refractivity contribution in [2.75, 3.05) is 26.7 Å². The van der Waals surface area contributed by atoms with E-state index < -0.39 is 0 Å². The third-order valence-corrected chi connectivity index (χ3v) is 6.60. The number of aromatic amines is 1. The summed E-state index contributed by atoms with van der Waals surface area (Å²) < 4.78 is 5.29. The fourth-order valence-corrected chi connectivity index (χ4v) is 4.52. The van der Waals surface area contributed by atoms with Crippen LogP contribution >= 0.6 is 0 Å². The number of aryl methyl sites for hydroxylation is 1. The molecule has 6 nitrogen and oxygen atoms in total. The Hall–Kier alpha value is -4.06. The number of para-hydroxylation sites is 1. The smallest absolute Gasteiger partial charge is 0.254 e. The highest BCUT2D eigenvalue weighted by molar-refractivity contribution is 5.97. The number of amides is 2. The third-order valence-electron chi connectivity index (χ3n) is 6.60. The van der Waals surface area contributed by atoms with E-state index in [1.54, 1.807) is 36.3 Å². The maximum atomic E-state index is 13.7. The maximum absolute atomic E-state index is 13.7. The van der Waals surface area contributed by atoms with Crippen molar-refractivity contribution in [2.45, 2.75) is 33.2 Å². The number of rotatable bonds is 11. The van der Waals surface area contributed by atoms with Gasteiger partial charge in [0.2, 0.25) is 5.91 Å². The number of carbonyl (C=O) groups is 2. The second kappa shape index (κ2) is 12.3. The zero-order valence-electron chi connectivity index (χ0n) is 21.9. The summed E-state index contributed by atoms with van der Waals surface area (Å²) in [4.78, 5) is 33.9. The molecular formula is C31H35N3O3. The number of ether oxygens (including phenoxy) is 1. The van der Waals surface area contributed by atoms with Gasteiger partial charge in [-0.25, -0.2) is 0 Å². The number of benzene rings is 3. The normalized spacial score (nSPS) is 10.9. The van der Waals surface area contributed by atoms with E-state index in [1.807, 2.05) is 30.2 Å². The van der Waals surface area contributed by atoms with E-state index in [2.05, 4.69) is 48.3 Å². The minimum Gasteiger partial charge on any atom is -0.497 e. The number of hydrogen-bond donors (Lipinski definition) is 1. The van der Waals surface area contributed by atoms with E-state index in [4.69, 9.17) is 4.74 Å². The Morgan fingerprint density at radius 2 is 1.70 bits per heavy atom. The largest absolute Gasteiger partial charge is 0.497 e. The average Bonchev–Trinajstić information content (AvgIpc) is 3.34. The maximum Gasteiger partial charge on any atom is 0.254 e. The van der Waals surface area contributed by atoms with Gasteiger partial charge in [0.15, 0.2) is 0 Å². The summed E-state index contributed by atoms with van der Waals surface area (Å²) in [7, 11) is 1.58. The Balaban J connectivity index is 1.53. The first-order valence-electron chi connectivity index (χ1n) is 12.8. The lowest BCUT2D eigenvalue weighted by molar-refractivity contribution is -0.132. The third kappa shape index (κ3) is 6.58. The van der Waals surface area contributed by atoms with Crippen molar-refractivity contribution in [3.05, 3.63) is 101 Å². The van der Waals surface area contributed by atoms with Gasteiger partial charge in [-0.3, -0.25) is 9.59 Å². The number of aromatic nitrogens is 1. The molecule has 6 heteroatoms. The van der Waals surface area contributed by atoms with Crippen molar-refractivity contribution in [1.29, 1.82) is 0 Å². The Kier molecular flexibility index (Phi) is 8.62. The van der Waals surface area contributed by atoms with Crippen LogP contribution < -0.4 is 4.74 Å². The molecule has 0 unspecified atom stereocenters. The molecule has 4 aromatic rings. The van der Waals surface area contributed by atoms with Crippen LogP contribution in [0.25, 0.3) is 10.9 Å². The van der Waals surface area contributed by atoms with E-state index in [0.717, 1.165) is 23.9 Å². The van der Waals surface area contributed by atoms with Gasteiger partial charge >= 0.3 is 0 Å². The summed E-state index contributed by atoms with van der Waals surface area (Å²) in [5, 5.41) is 1.17. The minimum atomic E-state index is -0.166.